The second kappa shape index (κ2) is 5.64. The lowest BCUT2D eigenvalue weighted by Crippen LogP contribution is -2.42. The normalized spacial score (nSPS) is 16.6. The van der Waals surface area contributed by atoms with E-state index in [9.17, 15) is 19.7 Å². The highest BCUT2D eigenvalue weighted by Gasteiger charge is 2.38. The van der Waals surface area contributed by atoms with Crippen LogP contribution in [0.25, 0.3) is 0 Å². The summed E-state index contributed by atoms with van der Waals surface area (Å²) in [6.45, 7) is 2.85. The molecule has 1 aromatic carbocycles. The Kier molecular flexibility index (Phi) is 4.05. The average molecular weight is 327 g/mol. The fourth-order valence-electron chi connectivity index (χ4n) is 1.68. The van der Waals surface area contributed by atoms with Gasteiger partial charge in [0.1, 0.15) is 5.02 Å². The number of nitrogens with zero attached hydrogens (tertiary/aromatic N) is 1. The van der Waals surface area contributed by atoms with E-state index >= 15 is 0 Å². The Morgan fingerprint density at radius 1 is 1.27 bits per heavy atom. The third-order valence-corrected chi connectivity index (χ3v) is 2.96. The van der Waals surface area contributed by atoms with E-state index in [0.717, 1.165) is 6.20 Å². The van der Waals surface area contributed by atoms with Gasteiger partial charge in [0, 0.05) is 31.8 Å². The quantitative estimate of drug-likeness (QED) is 0.298. The molecular weight excluding hydrogens is 316 g/mol. The number of carbonyl (C=O) groups is 2. The molecule has 1 aliphatic rings. The zero-order valence-corrected chi connectivity index (χ0v) is 12.3. The van der Waals surface area contributed by atoms with Crippen molar-refractivity contribution in [1.29, 1.82) is 0 Å². The van der Waals surface area contributed by atoms with Crippen LogP contribution in [0.5, 0.6) is 0 Å². The van der Waals surface area contributed by atoms with Crippen molar-refractivity contribution < 1.29 is 24.0 Å². The minimum atomic E-state index is -1.33. The monoisotopic (exact) mass is 326 g/mol. The number of ether oxygens (including phenoxy) is 2. The molecule has 1 saturated heterocycles. The van der Waals surface area contributed by atoms with Gasteiger partial charge in [-0.1, -0.05) is 11.6 Å². The van der Waals surface area contributed by atoms with Crippen molar-refractivity contribution in [2.24, 2.45) is 0 Å². The van der Waals surface area contributed by atoms with Crippen LogP contribution in [0.15, 0.2) is 30.0 Å². The molecule has 8 nitrogen and oxygen atoms in total. The summed E-state index contributed by atoms with van der Waals surface area (Å²) in [7, 11) is 0. The second-order valence-electron chi connectivity index (χ2n) is 4.80. The van der Waals surface area contributed by atoms with Crippen molar-refractivity contribution in [3.8, 4) is 0 Å². The van der Waals surface area contributed by atoms with Crippen LogP contribution in [0.3, 0.4) is 0 Å². The highest BCUT2D eigenvalue weighted by molar-refractivity contribution is 6.32. The summed E-state index contributed by atoms with van der Waals surface area (Å²) >= 11 is 5.68. The molecule has 1 N–H and O–H groups in total. The fraction of sp³-hybridized carbons (Fsp3) is 0.231. The zero-order valence-electron chi connectivity index (χ0n) is 11.6. The smallest absolute Gasteiger partial charge is 0.350 e. The molecule has 0 amide bonds. The molecule has 22 heavy (non-hydrogen) atoms. The molecule has 0 aromatic heterocycles. The van der Waals surface area contributed by atoms with Gasteiger partial charge in [0.15, 0.2) is 5.57 Å². The summed E-state index contributed by atoms with van der Waals surface area (Å²) in [5, 5.41) is 13.4. The van der Waals surface area contributed by atoms with Gasteiger partial charge < -0.3 is 14.8 Å². The second-order valence-corrected chi connectivity index (χ2v) is 5.21. The van der Waals surface area contributed by atoms with Crippen molar-refractivity contribution in [1.82, 2.24) is 0 Å². The van der Waals surface area contributed by atoms with Crippen LogP contribution < -0.4 is 5.32 Å². The van der Waals surface area contributed by atoms with Gasteiger partial charge in [0.25, 0.3) is 11.5 Å². The van der Waals surface area contributed by atoms with Crippen molar-refractivity contribution in [3.05, 3.63) is 45.1 Å². The summed E-state index contributed by atoms with van der Waals surface area (Å²) in [5.41, 5.74) is -0.383. The van der Waals surface area contributed by atoms with E-state index in [1.165, 1.54) is 32.0 Å². The lowest BCUT2D eigenvalue weighted by atomic mass is 10.2. The molecule has 9 heteroatoms. The van der Waals surface area contributed by atoms with Gasteiger partial charge in [-0.2, -0.15) is 0 Å². The lowest BCUT2D eigenvalue weighted by molar-refractivity contribution is -0.384. The Bertz CT molecular complexity index is 676. The number of benzene rings is 1. The van der Waals surface area contributed by atoms with Crippen molar-refractivity contribution in [2.75, 3.05) is 5.32 Å². The predicted molar refractivity (Wildman–Crippen MR) is 76.1 cm³/mol. The summed E-state index contributed by atoms with van der Waals surface area (Å²) in [6, 6.07) is 3.94. The number of nitro groups is 1. The molecule has 0 aliphatic carbocycles. The third kappa shape index (κ3) is 3.34. The van der Waals surface area contributed by atoms with Crippen molar-refractivity contribution >= 4 is 34.9 Å². The van der Waals surface area contributed by atoms with E-state index in [4.69, 9.17) is 21.1 Å². The van der Waals surface area contributed by atoms with Crippen molar-refractivity contribution in [2.45, 2.75) is 19.6 Å². The Labute approximate surface area is 129 Å². The van der Waals surface area contributed by atoms with Crippen LogP contribution in [-0.2, 0) is 19.1 Å². The molecule has 1 heterocycles. The topological polar surface area (TPSA) is 108 Å². The maximum Gasteiger partial charge on any atom is 0.350 e. The van der Waals surface area contributed by atoms with Gasteiger partial charge in [-0.3, -0.25) is 10.1 Å². The first-order valence-electron chi connectivity index (χ1n) is 6.07. The third-order valence-electron chi connectivity index (χ3n) is 2.64. The highest BCUT2D eigenvalue weighted by atomic mass is 35.5. The molecule has 0 unspecified atom stereocenters. The Balaban J connectivity index is 2.22. The van der Waals surface area contributed by atoms with E-state index in [2.05, 4.69) is 5.32 Å². The van der Waals surface area contributed by atoms with Gasteiger partial charge in [-0.05, 0) is 12.1 Å². The highest BCUT2D eigenvalue weighted by Crippen LogP contribution is 2.28. The molecule has 2 rings (SSSR count). The molecular formula is C13H11ClN2O6. The molecule has 0 bridgehead atoms. The first-order valence-corrected chi connectivity index (χ1v) is 6.45. The maximum atomic E-state index is 11.7. The van der Waals surface area contributed by atoms with Crippen LogP contribution in [0, 0.1) is 10.1 Å². The number of nitro benzene ring substituents is 1. The van der Waals surface area contributed by atoms with Crippen LogP contribution in [0.1, 0.15) is 13.8 Å². The number of carbonyl (C=O) groups excluding carboxylic acids is 2. The predicted octanol–water partition coefficient (Wildman–Crippen LogP) is 2.38. The number of halogens is 1. The molecule has 1 aromatic rings. The molecule has 1 fully saturated rings. The van der Waals surface area contributed by atoms with Crippen LogP contribution >= 0.6 is 11.6 Å². The molecule has 0 spiro atoms. The number of anilines is 1. The van der Waals surface area contributed by atoms with Gasteiger partial charge in [0.05, 0.1) is 4.92 Å². The van der Waals surface area contributed by atoms with Gasteiger partial charge >= 0.3 is 11.9 Å². The van der Waals surface area contributed by atoms with Crippen LogP contribution in [0.4, 0.5) is 11.4 Å². The molecule has 1 aliphatic heterocycles. The Morgan fingerprint density at radius 3 is 2.41 bits per heavy atom. The van der Waals surface area contributed by atoms with E-state index in [1.807, 2.05) is 0 Å². The van der Waals surface area contributed by atoms with Gasteiger partial charge in [-0.15, -0.1) is 0 Å². The first-order chi connectivity index (χ1) is 10.2. The summed E-state index contributed by atoms with van der Waals surface area (Å²) < 4.78 is 9.81. The average Bonchev–Trinajstić information content (AvgIpc) is 2.37. The first kappa shape index (κ1) is 15.8. The van der Waals surface area contributed by atoms with E-state index in [0.29, 0.717) is 0 Å². The standard InChI is InChI=1S/C13H11ClN2O6/c1-13(2)21-11(17)8(12(18)22-13)6-15-7-3-4-9(14)10(5-7)16(19)20/h3-6,15H,1-2H3. The molecule has 116 valence electrons. The summed E-state index contributed by atoms with van der Waals surface area (Å²) in [4.78, 5) is 33.6. The summed E-state index contributed by atoms with van der Waals surface area (Å²) in [5.74, 6) is -3.03. The number of cyclic esters (lactones) is 2. The Morgan fingerprint density at radius 2 is 1.86 bits per heavy atom. The molecule has 0 saturated carbocycles. The van der Waals surface area contributed by atoms with E-state index in [1.54, 1.807) is 0 Å². The lowest BCUT2D eigenvalue weighted by Gasteiger charge is -2.29. The van der Waals surface area contributed by atoms with Crippen LogP contribution in [0.2, 0.25) is 5.02 Å². The van der Waals surface area contributed by atoms with E-state index < -0.39 is 22.6 Å². The largest absolute Gasteiger partial charge is 0.419 e. The number of nitrogens with one attached hydrogen (secondary N) is 1. The number of esters is 2. The zero-order chi connectivity index (χ0) is 16.5. The number of hydrogen-bond acceptors (Lipinski definition) is 7. The maximum absolute atomic E-state index is 11.7. The van der Waals surface area contributed by atoms with E-state index in [-0.39, 0.29) is 22.0 Å². The Hall–Kier alpha value is -2.61. The number of hydrogen-bond donors (Lipinski definition) is 1. The fourth-order valence-corrected chi connectivity index (χ4v) is 1.86. The molecule has 0 radical (unpaired) electrons. The molecule has 0 atom stereocenters. The minimum Gasteiger partial charge on any atom is -0.419 e. The van der Waals surface area contributed by atoms with Crippen LogP contribution in [-0.4, -0.2) is 22.6 Å². The van der Waals surface area contributed by atoms with Gasteiger partial charge in [0.2, 0.25) is 0 Å². The summed E-state index contributed by atoms with van der Waals surface area (Å²) in [6.07, 6.45) is 1.06. The van der Waals surface area contributed by atoms with Gasteiger partial charge in [-0.25, -0.2) is 9.59 Å². The minimum absolute atomic E-state index is 0.0264. The number of rotatable bonds is 3. The van der Waals surface area contributed by atoms with Crippen molar-refractivity contribution in [3.63, 3.8) is 0 Å². The SMILES string of the molecule is CC1(C)OC(=O)C(=CNc2ccc(Cl)c([N+](=O)[O-])c2)C(=O)O1.